The van der Waals surface area contributed by atoms with Crippen LogP contribution in [0.5, 0.6) is 0 Å². The minimum absolute atomic E-state index is 0.0500. The molecule has 0 amide bonds. The number of ether oxygens (including phenoxy) is 1. The van der Waals surface area contributed by atoms with Crippen LogP contribution >= 0.6 is 22.6 Å². The van der Waals surface area contributed by atoms with Gasteiger partial charge in [-0.2, -0.15) is 15.0 Å². The number of aliphatic hydroxyl groups is 1. The van der Waals surface area contributed by atoms with E-state index in [1.165, 1.54) is 0 Å². The molecule has 4 unspecified atom stereocenters. The van der Waals surface area contributed by atoms with E-state index in [4.69, 9.17) is 4.74 Å². The van der Waals surface area contributed by atoms with Crippen LogP contribution in [0.15, 0.2) is 30.4 Å². The van der Waals surface area contributed by atoms with Crippen LogP contribution in [0.25, 0.3) is 11.0 Å². The van der Waals surface area contributed by atoms with Crippen LogP contribution in [0.2, 0.25) is 0 Å². The highest BCUT2D eigenvalue weighted by molar-refractivity contribution is 14.1. The number of rotatable bonds is 4. The van der Waals surface area contributed by atoms with Crippen molar-refractivity contribution >= 4 is 39.6 Å². The van der Waals surface area contributed by atoms with Gasteiger partial charge >= 0.3 is 5.97 Å². The molecule has 28 heavy (non-hydrogen) atoms. The Morgan fingerprint density at radius 2 is 2.00 bits per heavy atom. The van der Waals surface area contributed by atoms with Crippen LogP contribution < -0.4 is 0 Å². The van der Waals surface area contributed by atoms with E-state index in [0.717, 1.165) is 21.0 Å². The van der Waals surface area contributed by atoms with Crippen LogP contribution in [0.4, 0.5) is 0 Å². The van der Waals surface area contributed by atoms with Crippen LogP contribution in [0.3, 0.4) is 0 Å². The number of hydrogen-bond acceptors (Lipinski definition) is 5. The average Bonchev–Trinajstić information content (AvgIpc) is 3.02. The number of benzene rings is 1. The standard InChI is InChI=1S/C21H28IN3O3/c1-12(2)20(27)28-11-13-8-15(21(3,4)5)19(26)18(9-13)25-23-16-7-6-14(22)10-17(16)24-25/h6-7,10,13,15,18-19,26H,1,8-9,11H2,2-5H3. The molecular weight excluding hydrogens is 469 g/mol. The molecule has 1 N–H and O–H groups in total. The number of esters is 1. The van der Waals surface area contributed by atoms with E-state index < -0.39 is 6.10 Å². The van der Waals surface area contributed by atoms with Crippen LogP contribution in [-0.4, -0.2) is 38.8 Å². The Bertz CT molecular complexity index is 887. The van der Waals surface area contributed by atoms with Gasteiger partial charge in [-0.3, -0.25) is 0 Å². The SMILES string of the molecule is C=C(C)C(=O)OCC1CC(n2nc3ccc(I)cc3n2)C(O)C(C(C)(C)C)C1. The number of carbonyl (C=O) groups is 1. The van der Waals surface area contributed by atoms with Crippen molar-refractivity contribution in [1.82, 2.24) is 15.0 Å². The second-order valence-corrected chi connectivity index (χ2v) is 10.1. The van der Waals surface area contributed by atoms with E-state index in [-0.39, 0.29) is 29.3 Å². The first-order chi connectivity index (χ1) is 13.1. The summed E-state index contributed by atoms with van der Waals surface area (Å²) in [5, 5.41) is 20.4. The summed E-state index contributed by atoms with van der Waals surface area (Å²) in [6, 6.07) is 5.68. The average molecular weight is 497 g/mol. The van der Waals surface area contributed by atoms with Crippen LogP contribution in [-0.2, 0) is 9.53 Å². The van der Waals surface area contributed by atoms with E-state index in [1.807, 2.05) is 18.2 Å². The Kier molecular flexibility index (Phi) is 6.14. The zero-order valence-electron chi connectivity index (χ0n) is 16.9. The second kappa shape index (κ2) is 8.10. The van der Waals surface area contributed by atoms with Gasteiger partial charge in [-0.25, -0.2) is 4.79 Å². The fourth-order valence-corrected chi connectivity index (χ4v) is 4.42. The van der Waals surface area contributed by atoms with Crippen LogP contribution in [0.1, 0.15) is 46.6 Å². The summed E-state index contributed by atoms with van der Waals surface area (Å²) in [5.74, 6) is -0.184. The summed E-state index contributed by atoms with van der Waals surface area (Å²) in [5.41, 5.74) is 1.95. The monoisotopic (exact) mass is 497 g/mol. The Labute approximate surface area is 179 Å². The van der Waals surface area contributed by atoms with Gasteiger partial charge in [0.2, 0.25) is 0 Å². The van der Waals surface area contributed by atoms with Crippen LogP contribution in [0, 0.1) is 20.8 Å². The lowest BCUT2D eigenvalue weighted by atomic mass is 9.66. The molecule has 0 radical (unpaired) electrons. The third-order valence-electron chi connectivity index (χ3n) is 5.53. The van der Waals surface area contributed by atoms with E-state index in [0.29, 0.717) is 18.6 Å². The van der Waals surface area contributed by atoms with Crippen molar-refractivity contribution in [2.24, 2.45) is 17.3 Å². The molecule has 1 aromatic heterocycles. The van der Waals surface area contributed by atoms with Crippen molar-refractivity contribution in [2.45, 2.75) is 52.7 Å². The highest BCUT2D eigenvalue weighted by atomic mass is 127. The van der Waals surface area contributed by atoms with Gasteiger partial charge in [0, 0.05) is 9.14 Å². The molecule has 1 heterocycles. The largest absolute Gasteiger partial charge is 0.462 e. The number of fused-ring (bicyclic) bond motifs is 1. The topological polar surface area (TPSA) is 77.2 Å². The fourth-order valence-electron chi connectivity index (χ4n) is 3.95. The molecule has 7 heteroatoms. The molecule has 3 rings (SSSR count). The van der Waals surface area contributed by atoms with Gasteiger partial charge in [0.15, 0.2) is 0 Å². The molecule has 1 aliphatic rings. The Balaban J connectivity index is 1.88. The molecule has 1 aromatic carbocycles. The molecule has 0 aliphatic heterocycles. The van der Waals surface area contributed by atoms with E-state index in [2.05, 4.69) is 60.1 Å². The van der Waals surface area contributed by atoms with E-state index in [1.54, 1.807) is 11.7 Å². The quantitative estimate of drug-likeness (QED) is 0.391. The van der Waals surface area contributed by atoms with Gasteiger partial charge in [0.25, 0.3) is 0 Å². The third-order valence-corrected chi connectivity index (χ3v) is 6.21. The zero-order chi connectivity index (χ0) is 20.6. The van der Waals surface area contributed by atoms with Gasteiger partial charge in [0.1, 0.15) is 11.0 Å². The highest BCUT2D eigenvalue weighted by Crippen LogP contribution is 2.44. The summed E-state index contributed by atoms with van der Waals surface area (Å²) >= 11 is 2.25. The highest BCUT2D eigenvalue weighted by Gasteiger charge is 2.44. The third kappa shape index (κ3) is 4.56. The lowest BCUT2D eigenvalue weighted by Crippen LogP contribution is -2.45. The molecule has 152 valence electrons. The predicted octanol–water partition coefficient (Wildman–Crippen LogP) is 4.13. The zero-order valence-corrected chi connectivity index (χ0v) is 19.0. The molecule has 0 spiro atoms. The lowest BCUT2D eigenvalue weighted by molar-refractivity contribution is -0.142. The predicted molar refractivity (Wildman–Crippen MR) is 117 cm³/mol. The Hall–Kier alpha value is -1.48. The normalized spacial score (nSPS) is 25.6. The fraction of sp³-hybridized carbons (Fsp3) is 0.571. The first-order valence-corrected chi connectivity index (χ1v) is 10.7. The number of halogens is 1. The van der Waals surface area contributed by atoms with Crippen molar-refractivity contribution < 1.29 is 14.6 Å². The molecule has 0 bridgehead atoms. The smallest absolute Gasteiger partial charge is 0.333 e. The maximum Gasteiger partial charge on any atom is 0.333 e. The van der Waals surface area contributed by atoms with Crippen molar-refractivity contribution in [1.29, 1.82) is 0 Å². The van der Waals surface area contributed by atoms with Crippen molar-refractivity contribution in [3.63, 3.8) is 0 Å². The number of aromatic nitrogens is 3. The number of hydrogen-bond donors (Lipinski definition) is 1. The number of carbonyl (C=O) groups excluding carboxylic acids is 1. The minimum atomic E-state index is -0.561. The first kappa shape index (κ1) is 21.2. The summed E-state index contributed by atoms with van der Waals surface area (Å²) in [6.45, 7) is 12.0. The molecule has 1 saturated carbocycles. The van der Waals surface area contributed by atoms with Crippen molar-refractivity contribution in [3.8, 4) is 0 Å². The summed E-state index contributed by atoms with van der Waals surface area (Å²) < 4.78 is 6.52. The van der Waals surface area contributed by atoms with Crippen molar-refractivity contribution in [3.05, 3.63) is 33.9 Å². The molecule has 0 saturated heterocycles. The van der Waals surface area contributed by atoms with Gasteiger partial charge < -0.3 is 9.84 Å². The van der Waals surface area contributed by atoms with Gasteiger partial charge in [-0.05, 0) is 77.8 Å². The molecule has 4 atom stereocenters. The molecule has 1 aliphatic carbocycles. The molecule has 2 aromatic rings. The van der Waals surface area contributed by atoms with E-state index >= 15 is 0 Å². The van der Waals surface area contributed by atoms with Crippen molar-refractivity contribution in [2.75, 3.05) is 6.61 Å². The summed E-state index contributed by atoms with van der Waals surface area (Å²) in [6.07, 6.45) is 0.896. The maximum absolute atomic E-state index is 11.8. The summed E-state index contributed by atoms with van der Waals surface area (Å²) in [7, 11) is 0. The number of nitrogens with zero attached hydrogens (tertiary/aromatic N) is 3. The summed E-state index contributed by atoms with van der Waals surface area (Å²) in [4.78, 5) is 13.5. The minimum Gasteiger partial charge on any atom is -0.462 e. The molecule has 1 fully saturated rings. The molecular formula is C21H28IN3O3. The second-order valence-electron chi connectivity index (χ2n) is 8.90. The number of aliphatic hydroxyl groups excluding tert-OH is 1. The van der Waals surface area contributed by atoms with E-state index in [9.17, 15) is 9.90 Å². The first-order valence-electron chi connectivity index (χ1n) is 9.59. The van der Waals surface area contributed by atoms with Gasteiger partial charge in [-0.1, -0.05) is 27.4 Å². The van der Waals surface area contributed by atoms with Gasteiger partial charge in [0.05, 0.1) is 18.8 Å². The Morgan fingerprint density at radius 1 is 1.32 bits per heavy atom. The lowest BCUT2D eigenvalue weighted by Gasteiger charge is -2.44. The Morgan fingerprint density at radius 3 is 2.64 bits per heavy atom. The maximum atomic E-state index is 11.8. The van der Waals surface area contributed by atoms with Gasteiger partial charge in [-0.15, -0.1) is 0 Å². The molecule has 6 nitrogen and oxygen atoms in total.